The molecule has 1 heterocycles. The number of esters is 1. The molecule has 2 aromatic rings. The molecule has 0 unspecified atom stereocenters. The Hall–Kier alpha value is -2.41. The average molecular weight is 347 g/mol. The fraction of sp³-hybridized carbons (Fsp3) is 0.353. The number of thiazole rings is 1. The van der Waals surface area contributed by atoms with Crippen LogP contribution in [0.2, 0.25) is 0 Å². The number of amides is 1. The summed E-state index contributed by atoms with van der Waals surface area (Å²) >= 11 is 1.34. The molecule has 0 fully saturated rings. The van der Waals surface area contributed by atoms with Crippen molar-refractivity contribution in [2.45, 2.75) is 20.3 Å². The van der Waals surface area contributed by atoms with Crippen LogP contribution in [0.5, 0.6) is 0 Å². The number of carbonyl (C=O) groups excluding carboxylic acids is 2. The van der Waals surface area contributed by atoms with E-state index in [1.165, 1.54) is 11.3 Å². The summed E-state index contributed by atoms with van der Waals surface area (Å²) in [6.45, 7) is 4.75. The topological polar surface area (TPSA) is 80.3 Å². The number of benzene rings is 1. The maximum Gasteiger partial charge on any atom is 0.358 e. The normalized spacial score (nSPS) is 10.5. The number of hydrogen-bond acceptors (Lipinski definition) is 6. The van der Waals surface area contributed by atoms with Crippen LogP contribution in [-0.4, -0.2) is 30.0 Å². The number of anilines is 2. The molecule has 0 spiro atoms. The zero-order valence-corrected chi connectivity index (χ0v) is 14.6. The van der Waals surface area contributed by atoms with Gasteiger partial charge < -0.3 is 15.4 Å². The molecule has 0 saturated carbocycles. The molecule has 0 radical (unpaired) electrons. The monoisotopic (exact) mass is 347 g/mol. The molecule has 128 valence electrons. The van der Waals surface area contributed by atoms with Gasteiger partial charge in [-0.2, -0.15) is 0 Å². The average Bonchev–Trinajstić information content (AvgIpc) is 3.02. The van der Waals surface area contributed by atoms with Crippen LogP contribution in [0.3, 0.4) is 0 Å². The fourth-order valence-electron chi connectivity index (χ4n) is 1.84. The Morgan fingerprint density at radius 2 is 2.00 bits per heavy atom. The van der Waals surface area contributed by atoms with Crippen LogP contribution in [-0.2, 0) is 9.53 Å². The van der Waals surface area contributed by atoms with Crippen molar-refractivity contribution in [3.05, 3.63) is 41.4 Å². The van der Waals surface area contributed by atoms with E-state index in [4.69, 9.17) is 4.74 Å². The van der Waals surface area contributed by atoms with Crippen LogP contribution in [0.1, 0.15) is 30.8 Å². The summed E-state index contributed by atoms with van der Waals surface area (Å²) in [6, 6.07) is 8.99. The summed E-state index contributed by atoms with van der Waals surface area (Å²) in [6.07, 6.45) is 1.03. The molecule has 2 N–H and O–H groups in total. The highest BCUT2D eigenvalue weighted by Crippen LogP contribution is 2.16. The van der Waals surface area contributed by atoms with E-state index in [-0.39, 0.29) is 18.2 Å². The number of nitrogens with one attached hydrogen (secondary N) is 2. The van der Waals surface area contributed by atoms with Crippen molar-refractivity contribution in [2.75, 3.05) is 23.8 Å². The molecule has 24 heavy (non-hydrogen) atoms. The Balaban J connectivity index is 1.76. The van der Waals surface area contributed by atoms with Gasteiger partial charge in [0.05, 0.1) is 0 Å². The van der Waals surface area contributed by atoms with Crippen LogP contribution < -0.4 is 10.6 Å². The smallest absolute Gasteiger partial charge is 0.358 e. The predicted octanol–water partition coefficient (Wildman–Crippen LogP) is 3.40. The lowest BCUT2D eigenvalue weighted by Gasteiger charge is -2.05. The maximum absolute atomic E-state index is 11.9. The maximum atomic E-state index is 11.9. The fourth-order valence-corrected chi connectivity index (χ4v) is 2.55. The standard InChI is InChI=1S/C17H21N3O3S/c1-12(2)8-9-18-17-20-14(11-24-17)16(22)23-10-15(21)19-13-6-4-3-5-7-13/h3-7,11-12H,8-10H2,1-2H3,(H,18,20)(H,19,21). The second kappa shape index (κ2) is 9.02. The minimum absolute atomic E-state index is 0.208. The first-order chi connectivity index (χ1) is 11.5. The van der Waals surface area contributed by atoms with Gasteiger partial charge in [0, 0.05) is 17.6 Å². The highest BCUT2D eigenvalue weighted by Gasteiger charge is 2.14. The van der Waals surface area contributed by atoms with E-state index in [0.29, 0.717) is 16.7 Å². The molecule has 0 bridgehead atoms. The summed E-state index contributed by atoms with van der Waals surface area (Å²) in [5.41, 5.74) is 0.864. The number of para-hydroxylation sites is 1. The molecule has 0 aliphatic heterocycles. The molecule has 0 atom stereocenters. The lowest BCUT2D eigenvalue weighted by atomic mass is 10.1. The van der Waals surface area contributed by atoms with Gasteiger partial charge in [-0.25, -0.2) is 9.78 Å². The second-order valence-corrected chi connectivity index (χ2v) is 6.50. The number of rotatable bonds is 8. The molecule has 1 amide bonds. The van der Waals surface area contributed by atoms with Crippen molar-refractivity contribution in [3.8, 4) is 0 Å². The summed E-state index contributed by atoms with van der Waals surface area (Å²) in [4.78, 5) is 27.8. The number of carbonyl (C=O) groups is 2. The molecule has 0 saturated heterocycles. The van der Waals surface area contributed by atoms with Gasteiger partial charge in [0.2, 0.25) is 0 Å². The van der Waals surface area contributed by atoms with Crippen LogP contribution >= 0.6 is 11.3 Å². The third-order valence-electron chi connectivity index (χ3n) is 3.10. The number of aromatic nitrogens is 1. The molecular formula is C17H21N3O3S. The predicted molar refractivity (Wildman–Crippen MR) is 95.4 cm³/mol. The van der Waals surface area contributed by atoms with Crippen molar-refractivity contribution < 1.29 is 14.3 Å². The molecular weight excluding hydrogens is 326 g/mol. The first-order valence-corrected chi connectivity index (χ1v) is 8.64. The second-order valence-electron chi connectivity index (χ2n) is 5.64. The summed E-state index contributed by atoms with van der Waals surface area (Å²) in [5, 5.41) is 8.11. The zero-order chi connectivity index (χ0) is 17.4. The number of ether oxygens (including phenoxy) is 1. The van der Waals surface area contributed by atoms with Gasteiger partial charge in [0.1, 0.15) is 0 Å². The molecule has 6 nitrogen and oxygen atoms in total. The van der Waals surface area contributed by atoms with Crippen molar-refractivity contribution in [1.29, 1.82) is 0 Å². The molecule has 0 aliphatic carbocycles. The van der Waals surface area contributed by atoms with E-state index in [1.54, 1.807) is 17.5 Å². The van der Waals surface area contributed by atoms with Gasteiger partial charge in [-0.15, -0.1) is 11.3 Å². The Bertz CT molecular complexity index is 671. The third kappa shape index (κ3) is 6.00. The van der Waals surface area contributed by atoms with Gasteiger partial charge in [0.25, 0.3) is 5.91 Å². The highest BCUT2D eigenvalue weighted by atomic mass is 32.1. The van der Waals surface area contributed by atoms with Crippen molar-refractivity contribution in [2.24, 2.45) is 5.92 Å². The summed E-state index contributed by atoms with van der Waals surface area (Å²) in [5.74, 6) is -0.392. The molecule has 2 rings (SSSR count). The van der Waals surface area contributed by atoms with E-state index in [0.717, 1.165) is 13.0 Å². The largest absolute Gasteiger partial charge is 0.451 e. The highest BCUT2D eigenvalue weighted by molar-refractivity contribution is 7.13. The zero-order valence-electron chi connectivity index (χ0n) is 13.7. The Labute approximate surface area is 145 Å². The van der Waals surface area contributed by atoms with Crippen LogP contribution in [0.25, 0.3) is 0 Å². The van der Waals surface area contributed by atoms with Crippen molar-refractivity contribution >= 4 is 34.0 Å². The van der Waals surface area contributed by atoms with E-state index < -0.39 is 5.97 Å². The van der Waals surface area contributed by atoms with E-state index in [9.17, 15) is 9.59 Å². The first-order valence-electron chi connectivity index (χ1n) is 7.76. The number of hydrogen-bond donors (Lipinski definition) is 2. The minimum Gasteiger partial charge on any atom is -0.451 e. The van der Waals surface area contributed by atoms with Gasteiger partial charge in [-0.3, -0.25) is 4.79 Å². The molecule has 7 heteroatoms. The first kappa shape index (κ1) is 17.9. The van der Waals surface area contributed by atoms with Crippen LogP contribution in [0.4, 0.5) is 10.8 Å². The SMILES string of the molecule is CC(C)CCNc1nc(C(=O)OCC(=O)Nc2ccccc2)cs1. The lowest BCUT2D eigenvalue weighted by Crippen LogP contribution is -2.21. The van der Waals surface area contributed by atoms with Crippen molar-refractivity contribution in [1.82, 2.24) is 4.98 Å². The van der Waals surface area contributed by atoms with Crippen molar-refractivity contribution in [3.63, 3.8) is 0 Å². The molecule has 1 aromatic carbocycles. The summed E-state index contributed by atoms with van der Waals surface area (Å²) in [7, 11) is 0. The van der Waals surface area contributed by atoms with E-state index in [1.807, 2.05) is 18.2 Å². The van der Waals surface area contributed by atoms with Crippen LogP contribution in [0.15, 0.2) is 35.7 Å². The van der Waals surface area contributed by atoms with E-state index in [2.05, 4.69) is 29.5 Å². The van der Waals surface area contributed by atoms with Gasteiger partial charge in [-0.05, 0) is 24.5 Å². The quantitative estimate of drug-likeness (QED) is 0.716. The third-order valence-corrected chi connectivity index (χ3v) is 3.90. The van der Waals surface area contributed by atoms with Gasteiger partial charge in [-0.1, -0.05) is 32.0 Å². The van der Waals surface area contributed by atoms with Crippen LogP contribution in [0, 0.1) is 5.92 Å². The van der Waals surface area contributed by atoms with Gasteiger partial charge in [0.15, 0.2) is 17.4 Å². The van der Waals surface area contributed by atoms with E-state index >= 15 is 0 Å². The summed E-state index contributed by atoms with van der Waals surface area (Å²) < 4.78 is 4.98. The van der Waals surface area contributed by atoms with Gasteiger partial charge >= 0.3 is 5.97 Å². The molecule has 1 aromatic heterocycles. The Kier molecular flexibility index (Phi) is 6.74. The lowest BCUT2D eigenvalue weighted by molar-refractivity contribution is -0.119. The Morgan fingerprint density at radius 1 is 1.25 bits per heavy atom. The number of nitrogens with zero attached hydrogens (tertiary/aromatic N) is 1. The minimum atomic E-state index is -0.605. The molecule has 0 aliphatic rings. The Morgan fingerprint density at radius 3 is 2.71 bits per heavy atom.